The molecular weight excluding hydrogens is 390 g/mol. The van der Waals surface area contributed by atoms with Crippen LogP contribution in [-0.4, -0.2) is 40.4 Å². The second kappa shape index (κ2) is 8.28. The van der Waals surface area contributed by atoms with Gasteiger partial charge in [-0.05, 0) is 45.1 Å². The number of fused-ring (bicyclic) bond motifs is 1. The number of amides is 2. The molecular formula is C20H25N5O3S. The summed E-state index contributed by atoms with van der Waals surface area (Å²) < 4.78 is 5.52. The molecule has 2 amide bonds. The van der Waals surface area contributed by atoms with E-state index in [0.717, 1.165) is 11.3 Å². The molecule has 9 heteroatoms. The van der Waals surface area contributed by atoms with Gasteiger partial charge in [0.2, 0.25) is 0 Å². The van der Waals surface area contributed by atoms with Gasteiger partial charge in [0.05, 0.1) is 17.3 Å². The predicted octanol–water partition coefficient (Wildman–Crippen LogP) is 3.40. The maximum Gasteiger partial charge on any atom is 0.414 e. The van der Waals surface area contributed by atoms with Crippen LogP contribution in [0.3, 0.4) is 0 Å². The van der Waals surface area contributed by atoms with Crippen LogP contribution in [0.15, 0.2) is 35.6 Å². The zero-order chi connectivity index (χ0) is 21.2. The van der Waals surface area contributed by atoms with Crippen molar-refractivity contribution >= 4 is 35.3 Å². The molecule has 1 aliphatic heterocycles. The Hall–Kier alpha value is -2.81. The Morgan fingerprint density at radius 1 is 1.31 bits per heavy atom. The maximum absolute atomic E-state index is 12.8. The predicted molar refractivity (Wildman–Crippen MR) is 113 cm³/mol. The molecule has 1 unspecified atom stereocenters. The Morgan fingerprint density at radius 3 is 2.69 bits per heavy atom. The average molecular weight is 416 g/mol. The highest BCUT2D eigenvalue weighted by molar-refractivity contribution is 7.98. The number of nitrogen functional groups attached to an aromatic ring is 1. The van der Waals surface area contributed by atoms with Gasteiger partial charge in [0.15, 0.2) is 5.16 Å². The van der Waals surface area contributed by atoms with Crippen molar-refractivity contribution in [3.8, 4) is 0 Å². The van der Waals surface area contributed by atoms with E-state index in [4.69, 9.17) is 10.5 Å². The first-order valence-electron chi connectivity index (χ1n) is 9.26. The van der Waals surface area contributed by atoms with Gasteiger partial charge in [-0.25, -0.2) is 14.8 Å². The van der Waals surface area contributed by atoms with E-state index in [2.05, 4.69) is 15.3 Å². The number of anilines is 2. The summed E-state index contributed by atoms with van der Waals surface area (Å²) in [5, 5.41) is 3.50. The first-order chi connectivity index (χ1) is 13.7. The van der Waals surface area contributed by atoms with Gasteiger partial charge in [-0.2, -0.15) is 0 Å². The van der Waals surface area contributed by atoms with Gasteiger partial charge >= 0.3 is 6.09 Å². The van der Waals surface area contributed by atoms with Crippen LogP contribution in [0.25, 0.3) is 0 Å². The lowest BCUT2D eigenvalue weighted by molar-refractivity contribution is 0.0576. The fourth-order valence-corrected chi connectivity index (χ4v) is 3.45. The van der Waals surface area contributed by atoms with Crippen LogP contribution in [0.5, 0.6) is 0 Å². The van der Waals surface area contributed by atoms with Crippen LogP contribution in [0.4, 0.5) is 16.3 Å². The number of nitrogens with one attached hydrogen (secondary N) is 1. The smallest absolute Gasteiger partial charge is 0.414 e. The van der Waals surface area contributed by atoms with Crippen LogP contribution < -0.4 is 16.0 Å². The topological polar surface area (TPSA) is 110 Å². The molecule has 0 saturated heterocycles. The minimum Gasteiger partial charge on any atom is -0.443 e. The highest BCUT2D eigenvalue weighted by Crippen LogP contribution is 2.34. The molecule has 1 atom stereocenters. The number of carbonyl (C=O) groups is 2. The lowest BCUT2D eigenvalue weighted by atomic mass is 9.96. The van der Waals surface area contributed by atoms with E-state index in [-0.39, 0.29) is 23.3 Å². The van der Waals surface area contributed by atoms with Gasteiger partial charge < -0.3 is 15.8 Å². The third-order valence-corrected chi connectivity index (χ3v) is 4.95. The lowest BCUT2D eigenvalue weighted by Crippen LogP contribution is -2.43. The minimum atomic E-state index is -0.586. The second-order valence-corrected chi connectivity index (χ2v) is 8.43. The Kier molecular flexibility index (Phi) is 5.97. The average Bonchev–Trinajstić information content (AvgIpc) is 2.66. The zero-order valence-electron chi connectivity index (χ0n) is 16.9. The van der Waals surface area contributed by atoms with Crippen LogP contribution in [-0.2, 0) is 4.74 Å². The van der Waals surface area contributed by atoms with Gasteiger partial charge in [0.1, 0.15) is 11.4 Å². The standard InChI is InChI=1S/C20H25N5O3S/c1-20(2,3)28-19(27)25-10-9-14(12-7-5-6-8-15(12)25)23-17(26)13-11-22-18(29-4)24-16(13)21/h5-8,11,14H,9-10H2,1-4H3,(H,23,26)(H2,21,22,24). The van der Waals surface area contributed by atoms with E-state index in [0.29, 0.717) is 18.1 Å². The molecule has 1 aliphatic rings. The van der Waals surface area contributed by atoms with Gasteiger partial charge in [-0.15, -0.1) is 0 Å². The molecule has 2 heterocycles. The third-order valence-electron chi connectivity index (χ3n) is 4.39. The van der Waals surface area contributed by atoms with Crippen molar-refractivity contribution in [3.05, 3.63) is 41.6 Å². The first kappa shape index (κ1) is 20.9. The van der Waals surface area contributed by atoms with E-state index < -0.39 is 11.7 Å². The van der Waals surface area contributed by atoms with E-state index in [9.17, 15) is 9.59 Å². The van der Waals surface area contributed by atoms with Crippen molar-refractivity contribution < 1.29 is 14.3 Å². The summed E-state index contributed by atoms with van der Waals surface area (Å²) in [6.07, 6.45) is 3.42. The summed E-state index contributed by atoms with van der Waals surface area (Å²) >= 11 is 1.35. The molecule has 3 rings (SSSR count). The highest BCUT2D eigenvalue weighted by atomic mass is 32.2. The first-order valence-corrected chi connectivity index (χ1v) is 10.5. The zero-order valence-corrected chi connectivity index (χ0v) is 17.7. The van der Waals surface area contributed by atoms with Crippen molar-refractivity contribution in [3.63, 3.8) is 0 Å². The number of aromatic nitrogens is 2. The maximum atomic E-state index is 12.8. The molecule has 0 aliphatic carbocycles. The van der Waals surface area contributed by atoms with Crippen LogP contribution in [0.1, 0.15) is 49.2 Å². The van der Waals surface area contributed by atoms with Crippen LogP contribution in [0, 0.1) is 0 Å². The van der Waals surface area contributed by atoms with Crippen LogP contribution in [0.2, 0.25) is 0 Å². The number of ether oxygens (including phenoxy) is 1. The number of hydrogen-bond acceptors (Lipinski definition) is 7. The number of nitrogens with two attached hydrogens (primary N) is 1. The molecule has 0 spiro atoms. The van der Waals surface area contributed by atoms with Gasteiger partial charge in [0, 0.05) is 12.7 Å². The minimum absolute atomic E-state index is 0.140. The van der Waals surface area contributed by atoms with Crippen molar-refractivity contribution in [2.45, 2.75) is 44.0 Å². The Bertz CT molecular complexity index is 929. The third kappa shape index (κ3) is 4.79. The molecule has 1 aromatic heterocycles. The Labute approximate surface area is 174 Å². The van der Waals surface area contributed by atoms with Crippen molar-refractivity contribution in [2.24, 2.45) is 0 Å². The van der Waals surface area contributed by atoms with E-state index in [1.165, 1.54) is 18.0 Å². The normalized spacial score (nSPS) is 16.1. The molecule has 1 aromatic carbocycles. The summed E-state index contributed by atoms with van der Waals surface area (Å²) in [6.45, 7) is 5.92. The number of thioether (sulfide) groups is 1. The number of para-hydroxylation sites is 1. The largest absolute Gasteiger partial charge is 0.443 e. The summed E-state index contributed by atoms with van der Waals surface area (Å²) in [4.78, 5) is 35.2. The number of carbonyl (C=O) groups excluding carboxylic acids is 2. The summed E-state index contributed by atoms with van der Waals surface area (Å²) in [6, 6.07) is 7.21. The van der Waals surface area contributed by atoms with Crippen LogP contribution >= 0.6 is 11.8 Å². The number of benzene rings is 1. The number of hydrogen-bond donors (Lipinski definition) is 2. The molecule has 0 bridgehead atoms. The summed E-state index contributed by atoms with van der Waals surface area (Å²) in [5.41, 5.74) is 7.14. The molecule has 8 nitrogen and oxygen atoms in total. The fourth-order valence-electron chi connectivity index (χ4n) is 3.11. The van der Waals surface area contributed by atoms with E-state index in [1.807, 2.05) is 51.3 Å². The summed E-state index contributed by atoms with van der Waals surface area (Å²) in [5.74, 6) is -0.206. The quantitative estimate of drug-likeness (QED) is 0.584. The Balaban J connectivity index is 1.81. The molecule has 2 aromatic rings. The van der Waals surface area contributed by atoms with Crippen molar-refractivity contribution in [2.75, 3.05) is 23.4 Å². The number of nitrogens with zero attached hydrogens (tertiary/aromatic N) is 3. The molecule has 0 fully saturated rings. The van der Waals surface area contributed by atoms with Gasteiger partial charge in [0.25, 0.3) is 5.91 Å². The SMILES string of the molecule is CSc1ncc(C(=O)NC2CCN(C(=O)OC(C)(C)C)c3ccccc32)c(N)n1. The van der Waals surface area contributed by atoms with E-state index in [1.54, 1.807) is 4.90 Å². The highest BCUT2D eigenvalue weighted by Gasteiger charge is 2.32. The monoisotopic (exact) mass is 415 g/mol. The van der Waals surface area contributed by atoms with Gasteiger partial charge in [-0.1, -0.05) is 30.0 Å². The van der Waals surface area contributed by atoms with Crippen molar-refractivity contribution in [1.29, 1.82) is 0 Å². The molecule has 0 radical (unpaired) electrons. The molecule has 0 saturated carbocycles. The molecule has 3 N–H and O–H groups in total. The van der Waals surface area contributed by atoms with Crippen molar-refractivity contribution in [1.82, 2.24) is 15.3 Å². The molecule has 154 valence electrons. The second-order valence-electron chi connectivity index (χ2n) is 7.66. The number of rotatable bonds is 3. The summed E-state index contributed by atoms with van der Waals surface area (Å²) in [7, 11) is 0. The Morgan fingerprint density at radius 2 is 2.03 bits per heavy atom. The lowest BCUT2D eigenvalue weighted by Gasteiger charge is -2.35. The van der Waals surface area contributed by atoms with Gasteiger partial charge in [-0.3, -0.25) is 9.69 Å². The van der Waals surface area contributed by atoms with E-state index >= 15 is 0 Å². The fraction of sp³-hybridized carbons (Fsp3) is 0.400. The molecule has 29 heavy (non-hydrogen) atoms.